The molecule has 0 spiro atoms. The minimum absolute atomic E-state index is 0.0484. The van der Waals surface area contributed by atoms with Crippen LogP contribution < -0.4 is 5.32 Å². The molecular weight excluding hydrogens is 269 g/mol. The number of phenols is 1. The topological polar surface area (TPSA) is 49.3 Å². The number of halogens is 1. The molecule has 3 nitrogen and oxygen atoms in total. The number of benzene rings is 2. The van der Waals surface area contributed by atoms with Gasteiger partial charge in [-0.2, -0.15) is 0 Å². The fourth-order valence-electron chi connectivity index (χ4n) is 1.94. The van der Waals surface area contributed by atoms with Gasteiger partial charge in [-0.05, 0) is 35.2 Å². The van der Waals surface area contributed by atoms with Crippen LogP contribution in [0.25, 0.3) is 0 Å². The van der Waals surface area contributed by atoms with Gasteiger partial charge in [0.2, 0.25) is 0 Å². The zero-order chi connectivity index (χ0) is 15.6. The van der Waals surface area contributed by atoms with Crippen LogP contribution in [0.15, 0.2) is 42.5 Å². The summed E-state index contributed by atoms with van der Waals surface area (Å²) in [7, 11) is 0. The predicted molar refractivity (Wildman–Crippen MR) is 81.2 cm³/mol. The van der Waals surface area contributed by atoms with Crippen LogP contribution in [0.2, 0.25) is 0 Å². The van der Waals surface area contributed by atoms with Crippen LogP contribution >= 0.6 is 0 Å². The molecular formula is C17H18FNO2. The van der Waals surface area contributed by atoms with Gasteiger partial charge in [-0.1, -0.05) is 39.0 Å². The van der Waals surface area contributed by atoms with Crippen LogP contribution in [-0.2, 0) is 5.41 Å². The molecule has 4 heteroatoms. The molecule has 0 saturated heterocycles. The van der Waals surface area contributed by atoms with Gasteiger partial charge in [0, 0.05) is 0 Å². The van der Waals surface area contributed by atoms with Gasteiger partial charge in [0.15, 0.2) is 0 Å². The molecule has 0 radical (unpaired) electrons. The van der Waals surface area contributed by atoms with E-state index >= 15 is 0 Å². The second-order valence-electron chi connectivity index (χ2n) is 5.92. The van der Waals surface area contributed by atoms with Crippen molar-refractivity contribution in [2.75, 3.05) is 5.32 Å². The van der Waals surface area contributed by atoms with Crippen LogP contribution in [0.1, 0.15) is 36.7 Å². The number of carbonyl (C=O) groups excluding carboxylic acids is 1. The minimum atomic E-state index is -0.596. The van der Waals surface area contributed by atoms with E-state index in [9.17, 15) is 14.3 Å². The van der Waals surface area contributed by atoms with Crippen molar-refractivity contribution in [3.05, 3.63) is 59.4 Å². The van der Waals surface area contributed by atoms with E-state index in [4.69, 9.17) is 0 Å². The Morgan fingerprint density at radius 2 is 1.81 bits per heavy atom. The third-order valence-electron chi connectivity index (χ3n) is 3.23. The number of aromatic hydroxyl groups is 1. The zero-order valence-corrected chi connectivity index (χ0v) is 12.3. The Balaban J connectivity index is 2.31. The van der Waals surface area contributed by atoms with Crippen molar-refractivity contribution in [1.29, 1.82) is 0 Å². The average molecular weight is 287 g/mol. The summed E-state index contributed by atoms with van der Waals surface area (Å²) >= 11 is 0. The largest absolute Gasteiger partial charge is 0.506 e. The molecule has 21 heavy (non-hydrogen) atoms. The number of amides is 1. The normalized spacial score (nSPS) is 11.2. The van der Waals surface area contributed by atoms with E-state index in [1.807, 2.05) is 20.8 Å². The Labute approximate surface area is 123 Å². The lowest BCUT2D eigenvalue weighted by atomic mass is 9.87. The minimum Gasteiger partial charge on any atom is -0.506 e. The molecule has 0 fully saturated rings. The first-order valence-electron chi connectivity index (χ1n) is 6.68. The molecule has 2 N–H and O–H groups in total. The lowest BCUT2D eigenvalue weighted by Crippen LogP contribution is -2.16. The maximum atomic E-state index is 13.6. The average Bonchev–Trinajstić information content (AvgIpc) is 2.40. The smallest absolute Gasteiger partial charge is 0.258 e. The van der Waals surface area contributed by atoms with E-state index in [0.717, 1.165) is 5.56 Å². The Hall–Kier alpha value is -2.36. The highest BCUT2D eigenvalue weighted by atomic mass is 19.1. The van der Waals surface area contributed by atoms with Gasteiger partial charge >= 0.3 is 0 Å². The Kier molecular flexibility index (Phi) is 3.98. The summed E-state index contributed by atoms with van der Waals surface area (Å²) in [6, 6.07) is 10.8. The maximum Gasteiger partial charge on any atom is 0.258 e. The molecule has 0 aromatic heterocycles. The van der Waals surface area contributed by atoms with Crippen molar-refractivity contribution < 1.29 is 14.3 Å². The molecule has 0 aliphatic heterocycles. The van der Waals surface area contributed by atoms with Gasteiger partial charge < -0.3 is 10.4 Å². The van der Waals surface area contributed by atoms with Crippen molar-refractivity contribution in [2.24, 2.45) is 0 Å². The molecule has 0 atom stereocenters. The first kappa shape index (κ1) is 15.0. The Morgan fingerprint density at radius 1 is 1.14 bits per heavy atom. The second kappa shape index (κ2) is 5.56. The molecule has 2 aromatic rings. The second-order valence-corrected chi connectivity index (χ2v) is 5.92. The van der Waals surface area contributed by atoms with Crippen LogP contribution in [0.5, 0.6) is 5.75 Å². The highest BCUT2D eigenvalue weighted by molar-refractivity contribution is 6.05. The standard InChI is InChI=1S/C17H18FNO2/c1-17(2,3)11-8-9-15(20)14(10-11)19-16(21)12-6-4-5-7-13(12)18/h4-10,20H,1-3H3,(H,19,21). The van der Waals surface area contributed by atoms with Gasteiger partial charge in [0.1, 0.15) is 11.6 Å². The lowest BCUT2D eigenvalue weighted by Gasteiger charge is -2.20. The van der Waals surface area contributed by atoms with E-state index in [-0.39, 0.29) is 22.4 Å². The molecule has 0 aliphatic carbocycles. The quantitative estimate of drug-likeness (QED) is 0.818. The van der Waals surface area contributed by atoms with Crippen molar-refractivity contribution in [1.82, 2.24) is 0 Å². The molecule has 1 amide bonds. The fraction of sp³-hybridized carbons (Fsp3) is 0.235. The zero-order valence-electron chi connectivity index (χ0n) is 12.3. The summed E-state index contributed by atoms with van der Waals surface area (Å²) in [4.78, 5) is 12.1. The monoisotopic (exact) mass is 287 g/mol. The number of anilines is 1. The summed E-state index contributed by atoms with van der Waals surface area (Å²) in [5, 5.41) is 12.4. The summed E-state index contributed by atoms with van der Waals surface area (Å²) < 4.78 is 13.6. The highest BCUT2D eigenvalue weighted by Gasteiger charge is 2.17. The first-order valence-corrected chi connectivity index (χ1v) is 6.68. The number of nitrogens with one attached hydrogen (secondary N) is 1. The van der Waals surface area contributed by atoms with Gasteiger partial charge in [0.25, 0.3) is 5.91 Å². The highest BCUT2D eigenvalue weighted by Crippen LogP contribution is 2.31. The molecule has 2 aromatic carbocycles. The van der Waals surface area contributed by atoms with Gasteiger partial charge in [-0.25, -0.2) is 4.39 Å². The molecule has 0 heterocycles. The summed E-state index contributed by atoms with van der Waals surface area (Å²) in [6.45, 7) is 6.09. The van der Waals surface area contributed by atoms with E-state index in [1.165, 1.54) is 24.3 Å². The van der Waals surface area contributed by atoms with E-state index in [1.54, 1.807) is 18.2 Å². The van der Waals surface area contributed by atoms with Crippen molar-refractivity contribution in [3.8, 4) is 5.75 Å². The molecule has 0 bridgehead atoms. The van der Waals surface area contributed by atoms with Crippen LogP contribution in [-0.4, -0.2) is 11.0 Å². The summed E-state index contributed by atoms with van der Waals surface area (Å²) in [5.74, 6) is -1.23. The summed E-state index contributed by atoms with van der Waals surface area (Å²) in [5.41, 5.74) is 1.06. The van der Waals surface area contributed by atoms with E-state index < -0.39 is 11.7 Å². The van der Waals surface area contributed by atoms with Crippen LogP contribution in [0, 0.1) is 5.82 Å². The number of hydrogen-bond donors (Lipinski definition) is 2. The summed E-state index contributed by atoms with van der Waals surface area (Å²) in [6.07, 6.45) is 0. The third kappa shape index (κ3) is 3.40. The van der Waals surface area contributed by atoms with Crippen molar-refractivity contribution in [2.45, 2.75) is 26.2 Å². The maximum absolute atomic E-state index is 13.6. The molecule has 2 rings (SSSR count). The lowest BCUT2D eigenvalue weighted by molar-refractivity contribution is 0.102. The van der Waals surface area contributed by atoms with Crippen LogP contribution in [0.3, 0.4) is 0 Å². The number of hydrogen-bond acceptors (Lipinski definition) is 2. The number of rotatable bonds is 2. The third-order valence-corrected chi connectivity index (χ3v) is 3.23. The molecule has 0 unspecified atom stereocenters. The first-order chi connectivity index (χ1) is 9.79. The fourth-order valence-corrected chi connectivity index (χ4v) is 1.94. The predicted octanol–water partition coefficient (Wildman–Crippen LogP) is 4.08. The Morgan fingerprint density at radius 3 is 2.43 bits per heavy atom. The number of carbonyl (C=O) groups is 1. The molecule has 0 saturated carbocycles. The SMILES string of the molecule is CC(C)(C)c1ccc(O)c(NC(=O)c2ccccc2F)c1. The van der Waals surface area contributed by atoms with Gasteiger partial charge in [-0.15, -0.1) is 0 Å². The van der Waals surface area contributed by atoms with E-state index in [2.05, 4.69) is 5.32 Å². The van der Waals surface area contributed by atoms with E-state index in [0.29, 0.717) is 0 Å². The van der Waals surface area contributed by atoms with Gasteiger partial charge in [-0.3, -0.25) is 4.79 Å². The van der Waals surface area contributed by atoms with Gasteiger partial charge in [0.05, 0.1) is 11.3 Å². The van der Waals surface area contributed by atoms with Crippen molar-refractivity contribution >= 4 is 11.6 Å². The molecule has 0 aliphatic rings. The van der Waals surface area contributed by atoms with Crippen LogP contribution in [0.4, 0.5) is 10.1 Å². The Bertz CT molecular complexity index is 675. The van der Waals surface area contributed by atoms with Crippen molar-refractivity contribution in [3.63, 3.8) is 0 Å². The molecule has 110 valence electrons. The number of phenolic OH excluding ortho intramolecular Hbond substituents is 1.